The Morgan fingerprint density at radius 2 is 2.05 bits per heavy atom. The zero-order chi connectivity index (χ0) is 15.8. The second-order valence-electron chi connectivity index (χ2n) is 5.78. The van der Waals surface area contributed by atoms with Crippen molar-refractivity contribution in [2.45, 2.75) is 47.1 Å². The highest BCUT2D eigenvalue weighted by molar-refractivity contribution is 6.31. The van der Waals surface area contributed by atoms with Crippen molar-refractivity contribution in [1.82, 2.24) is 15.1 Å². The molecule has 1 heterocycles. The van der Waals surface area contributed by atoms with Gasteiger partial charge < -0.3 is 10.1 Å². The summed E-state index contributed by atoms with van der Waals surface area (Å²) in [5.41, 5.74) is 2.20. The Kier molecular flexibility index (Phi) is 8.30. The predicted octanol–water partition coefficient (Wildman–Crippen LogP) is 3.17. The van der Waals surface area contributed by atoms with E-state index in [1.54, 1.807) is 7.11 Å². The van der Waals surface area contributed by atoms with Crippen molar-refractivity contribution in [2.24, 2.45) is 11.8 Å². The van der Waals surface area contributed by atoms with Crippen LogP contribution in [0.25, 0.3) is 0 Å². The lowest BCUT2D eigenvalue weighted by molar-refractivity contribution is 0.196. The van der Waals surface area contributed by atoms with Gasteiger partial charge in [0.1, 0.15) is 0 Å². The van der Waals surface area contributed by atoms with E-state index >= 15 is 0 Å². The molecule has 0 saturated heterocycles. The average Bonchev–Trinajstić information content (AvgIpc) is 2.77. The number of ether oxygens (including phenoxy) is 1. The molecule has 0 aliphatic carbocycles. The van der Waals surface area contributed by atoms with Crippen LogP contribution >= 0.6 is 11.6 Å². The number of hydrogen-bond acceptors (Lipinski definition) is 3. The molecule has 0 radical (unpaired) electrons. The van der Waals surface area contributed by atoms with E-state index in [0.29, 0.717) is 11.8 Å². The summed E-state index contributed by atoms with van der Waals surface area (Å²) in [4.78, 5) is 0. The molecule has 1 atom stereocenters. The molecule has 1 N–H and O–H groups in total. The Morgan fingerprint density at radius 3 is 2.57 bits per heavy atom. The van der Waals surface area contributed by atoms with Crippen LogP contribution in [0.1, 0.15) is 39.1 Å². The molecule has 1 aromatic rings. The summed E-state index contributed by atoms with van der Waals surface area (Å²) in [6.07, 6.45) is 1.86. The second kappa shape index (κ2) is 9.44. The third kappa shape index (κ3) is 5.28. The quantitative estimate of drug-likeness (QED) is 0.674. The Hall–Kier alpha value is -0.580. The molecule has 0 saturated carbocycles. The number of methoxy groups -OCH3 is 1. The van der Waals surface area contributed by atoms with E-state index in [2.05, 4.69) is 42.8 Å². The van der Waals surface area contributed by atoms with E-state index in [-0.39, 0.29) is 0 Å². The number of aryl methyl sites for hydroxylation is 2. The maximum absolute atomic E-state index is 6.52. The molecule has 5 heteroatoms. The van der Waals surface area contributed by atoms with Crippen molar-refractivity contribution < 1.29 is 4.74 Å². The van der Waals surface area contributed by atoms with Crippen LogP contribution in [-0.2, 0) is 24.1 Å². The average molecular weight is 316 g/mol. The minimum Gasteiger partial charge on any atom is -0.383 e. The van der Waals surface area contributed by atoms with Gasteiger partial charge in [-0.05, 0) is 38.1 Å². The number of halogens is 1. The van der Waals surface area contributed by atoms with Gasteiger partial charge in [-0.15, -0.1) is 0 Å². The minimum atomic E-state index is 0.547. The molecule has 0 spiro atoms. The largest absolute Gasteiger partial charge is 0.383 e. The lowest BCUT2D eigenvalue weighted by Crippen LogP contribution is -2.30. The minimum absolute atomic E-state index is 0.547. The molecule has 0 fully saturated rings. The van der Waals surface area contributed by atoms with Crippen molar-refractivity contribution in [1.29, 1.82) is 0 Å². The predicted molar refractivity (Wildman–Crippen MR) is 89.1 cm³/mol. The Balaban J connectivity index is 2.76. The molecule has 0 aliphatic rings. The van der Waals surface area contributed by atoms with Crippen molar-refractivity contribution >= 4 is 11.6 Å². The lowest BCUT2D eigenvalue weighted by Gasteiger charge is -2.22. The molecule has 0 aliphatic heterocycles. The number of nitrogens with zero attached hydrogens (tertiary/aromatic N) is 2. The van der Waals surface area contributed by atoms with Crippen molar-refractivity contribution in [3.05, 3.63) is 16.4 Å². The highest BCUT2D eigenvalue weighted by Gasteiger charge is 2.20. The van der Waals surface area contributed by atoms with Crippen molar-refractivity contribution in [3.8, 4) is 0 Å². The smallest absolute Gasteiger partial charge is 0.0849 e. The van der Waals surface area contributed by atoms with Crippen molar-refractivity contribution in [3.63, 3.8) is 0 Å². The van der Waals surface area contributed by atoms with Crippen LogP contribution in [-0.4, -0.2) is 36.6 Å². The summed E-state index contributed by atoms with van der Waals surface area (Å²) in [5, 5.41) is 8.94. The topological polar surface area (TPSA) is 39.1 Å². The molecular formula is C16H30ClN3O. The number of aromatic nitrogens is 2. The van der Waals surface area contributed by atoms with Gasteiger partial charge in [0.15, 0.2) is 0 Å². The first-order chi connectivity index (χ1) is 10.0. The summed E-state index contributed by atoms with van der Waals surface area (Å²) in [6, 6.07) is 0. The standard InChI is InChI=1S/C16H30ClN3O/c1-6-14-16(17)15(20(7-2)19-14)10-13(12(3)4)11-18-8-9-21-5/h12-13,18H,6-11H2,1-5H3. The van der Waals surface area contributed by atoms with Crippen LogP contribution in [0.5, 0.6) is 0 Å². The third-order valence-corrected chi connectivity index (χ3v) is 4.42. The number of nitrogens with one attached hydrogen (secondary N) is 1. The first-order valence-corrected chi connectivity index (χ1v) is 8.36. The fourth-order valence-electron chi connectivity index (χ4n) is 2.47. The monoisotopic (exact) mass is 315 g/mol. The summed E-state index contributed by atoms with van der Waals surface area (Å²) < 4.78 is 7.14. The number of hydrogen-bond donors (Lipinski definition) is 1. The summed E-state index contributed by atoms with van der Waals surface area (Å²) in [7, 11) is 1.73. The fourth-order valence-corrected chi connectivity index (χ4v) is 2.81. The summed E-state index contributed by atoms with van der Waals surface area (Å²) in [5.74, 6) is 1.15. The van der Waals surface area contributed by atoms with E-state index < -0.39 is 0 Å². The van der Waals surface area contributed by atoms with Crippen LogP contribution in [0.4, 0.5) is 0 Å². The molecular weight excluding hydrogens is 286 g/mol. The zero-order valence-corrected chi connectivity index (χ0v) is 14.8. The van der Waals surface area contributed by atoms with Crippen molar-refractivity contribution in [2.75, 3.05) is 26.8 Å². The molecule has 1 rings (SSSR count). The van der Waals surface area contributed by atoms with Crippen LogP contribution in [0.2, 0.25) is 5.02 Å². The van der Waals surface area contributed by atoms with Gasteiger partial charge in [-0.3, -0.25) is 4.68 Å². The molecule has 0 amide bonds. The Morgan fingerprint density at radius 1 is 1.33 bits per heavy atom. The van der Waals surface area contributed by atoms with Gasteiger partial charge in [-0.2, -0.15) is 5.10 Å². The molecule has 0 bridgehead atoms. The number of rotatable bonds is 10. The Bertz CT molecular complexity index is 418. The highest BCUT2D eigenvalue weighted by Crippen LogP contribution is 2.26. The first kappa shape index (κ1) is 18.5. The Labute approximate surface area is 134 Å². The highest BCUT2D eigenvalue weighted by atomic mass is 35.5. The van der Waals surface area contributed by atoms with E-state index in [0.717, 1.165) is 49.8 Å². The summed E-state index contributed by atoms with van der Waals surface area (Å²) >= 11 is 6.52. The van der Waals surface area contributed by atoms with Crippen LogP contribution in [0.3, 0.4) is 0 Å². The molecule has 21 heavy (non-hydrogen) atoms. The van der Waals surface area contributed by atoms with Gasteiger partial charge in [0.05, 0.1) is 23.0 Å². The molecule has 0 aromatic carbocycles. The van der Waals surface area contributed by atoms with Gasteiger partial charge in [0.2, 0.25) is 0 Å². The van der Waals surface area contributed by atoms with Gasteiger partial charge in [0.25, 0.3) is 0 Å². The van der Waals surface area contributed by atoms with E-state index in [4.69, 9.17) is 16.3 Å². The van der Waals surface area contributed by atoms with E-state index in [9.17, 15) is 0 Å². The van der Waals surface area contributed by atoms with E-state index in [1.807, 2.05) is 0 Å². The maximum Gasteiger partial charge on any atom is 0.0849 e. The van der Waals surface area contributed by atoms with Gasteiger partial charge in [-0.25, -0.2) is 0 Å². The van der Waals surface area contributed by atoms with Gasteiger partial charge >= 0.3 is 0 Å². The van der Waals surface area contributed by atoms with Gasteiger partial charge in [-0.1, -0.05) is 32.4 Å². The fraction of sp³-hybridized carbons (Fsp3) is 0.812. The molecule has 122 valence electrons. The van der Waals surface area contributed by atoms with Crippen LogP contribution in [0, 0.1) is 11.8 Å². The zero-order valence-electron chi connectivity index (χ0n) is 14.1. The lowest BCUT2D eigenvalue weighted by atomic mass is 9.91. The van der Waals surface area contributed by atoms with Gasteiger partial charge in [0, 0.05) is 20.2 Å². The summed E-state index contributed by atoms with van der Waals surface area (Å²) in [6.45, 7) is 12.2. The van der Waals surface area contributed by atoms with E-state index in [1.165, 1.54) is 5.69 Å². The first-order valence-electron chi connectivity index (χ1n) is 7.98. The maximum atomic E-state index is 6.52. The van der Waals surface area contributed by atoms with Crippen LogP contribution in [0.15, 0.2) is 0 Å². The molecule has 1 aromatic heterocycles. The third-order valence-electron chi connectivity index (χ3n) is 3.98. The molecule has 4 nitrogen and oxygen atoms in total. The normalized spacial score (nSPS) is 13.1. The second-order valence-corrected chi connectivity index (χ2v) is 6.16. The van der Waals surface area contributed by atoms with Crippen LogP contribution < -0.4 is 5.32 Å². The SMILES string of the molecule is CCc1nn(CC)c(CC(CNCCOC)C(C)C)c1Cl. The molecule has 1 unspecified atom stereocenters.